The Bertz CT molecular complexity index is 2480. The first-order chi connectivity index (χ1) is 27.7. The highest BCUT2D eigenvalue weighted by atomic mass is 19.1. The molecule has 296 valence electrons. The van der Waals surface area contributed by atoms with Gasteiger partial charge in [0, 0.05) is 59.5 Å². The molecule has 0 bridgehead atoms. The average molecular weight is 787 g/mol. The summed E-state index contributed by atoms with van der Waals surface area (Å²) in [5, 5.41) is 13.3. The molecule has 4 heterocycles. The van der Waals surface area contributed by atoms with Crippen molar-refractivity contribution in [1.82, 2.24) is 30.6 Å². The highest BCUT2D eigenvalue weighted by molar-refractivity contribution is 6.01. The zero-order chi connectivity index (χ0) is 41.4. The maximum absolute atomic E-state index is 13.1. The van der Waals surface area contributed by atoms with Crippen molar-refractivity contribution in [3.63, 3.8) is 0 Å². The van der Waals surface area contributed by atoms with Crippen molar-refractivity contribution in [2.24, 2.45) is 11.8 Å². The van der Waals surface area contributed by atoms with E-state index in [4.69, 9.17) is 11.5 Å². The summed E-state index contributed by atoms with van der Waals surface area (Å²) in [5.74, 6) is -0.952. The fourth-order valence-corrected chi connectivity index (χ4v) is 6.54. The third-order valence-electron chi connectivity index (χ3n) is 10.1. The van der Waals surface area contributed by atoms with Crippen LogP contribution in [-0.4, -0.2) is 70.0 Å². The van der Waals surface area contributed by atoms with E-state index in [0.29, 0.717) is 56.6 Å². The van der Waals surface area contributed by atoms with E-state index in [-0.39, 0.29) is 36.5 Å². The molecule has 14 nitrogen and oxygen atoms in total. The molecule has 0 spiro atoms. The SMILES string of the molecule is CNC(=O)c1ccc(-c2cc3cc(NC(=O)[C@@H]4C[C@@H]4F)ncc3c(N)n2)c(C)c1.CNC(=O)c1ccc(-c2cc3cc(NC(=O)[C@H]4C[C@H]4F)ncc3c(N)n2)c(C)c1. The van der Waals surface area contributed by atoms with Crippen molar-refractivity contribution in [1.29, 1.82) is 0 Å². The van der Waals surface area contributed by atoms with E-state index in [1.165, 1.54) is 0 Å². The van der Waals surface area contributed by atoms with Crippen LogP contribution in [0.25, 0.3) is 44.1 Å². The summed E-state index contributed by atoms with van der Waals surface area (Å²) in [6, 6.07) is 17.8. The number of amides is 4. The minimum atomic E-state index is -1.07. The van der Waals surface area contributed by atoms with Crippen LogP contribution in [0.1, 0.15) is 44.7 Å². The molecule has 4 atom stereocenters. The van der Waals surface area contributed by atoms with Crippen LogP contribution in [0.4, 0.5) is 32.1 Å². The van der Waals surface area contributed by atoms with Gasteiger partial charge in [0.2, 0.25) is 11.8 Å². The van der Waals surface area contributed by atoms with E-state index < -0.39 is 24.2 Å². The summed E-state index contributed by atoms with van der Waals surface area (Å²) in [4.78, 5) is 64.9. The topological polar surface area (TPSA) is 220 Å². The molecule has 8 N–H and O–H groups in total. The molecule has 2 fully saturated rings. The number of carbonyl (C=O) groups is 4. The molecular formula is C42H40F2N10O4. The molecule has 0 radical (unpaired) electrons. The number of benzene rings is 2. The Morgan fingerprint density at radius 2 is 1.00 bits per heavy atom. The summed E-state index contributed by atoms with van der Waals surface area (Å²) in [7, 11) is 3.16. The summed E-state index contributed by atoms with van der Waals surface area (Å²) < 4.78 is 26.2. The highest BCUT2D eigenvalue weighted by Gasteiger charge is 2.44. The Balaban J connectivity index is 0.000000177. The fraction of sp³-hybridized carbons (Fsp3) is 0.238. The van der Waals surface area contributed by atoms with Gasteiger partial charge in [-0.2, -0.15) is 0 Å². The molecule has 2 aliphatic rings. The van der Waals surface area contributed by atoms with Crippen LogP contribution in [0.15, 0.2) is 73.1 Å². The Hall–Kier alpha value is -7.10. The number of hydrogen-bond acceptors (Lipinski definition) is 10. The molecular weight excluding hydrogens is 747 g/mol. The van der Waals surface area contributed by atoms with Gasteiger partial charge in [-0.25, -0.2) is 28.7 Å². The van der Waals surface area contributed by atoms with Crippen LogP contribution in [-0.2, 0) is 9.59 Å². The molecule has 2 saturated carbocycles. The number of aromatic nitrogens is 4. The van der Waals surface area contributed by atoms with Crippen molar-refractivity contribution in [2.75, 3.05) is 36.2 Å². The second kappa shape index (κ2) is 15.8. The lowest BCUT2D eigenvalue weighted by molar-refractivity contribution is -0.118. The molecule has 8 rings (SSSR count). The van der Waals surface area contributed by atoms with Crippen LogP contribution in [0.2, 0.25) is 0 Å². The van der Waals surface area contributed by atoms with E-state index in [1.807, 2.05) is 38.1 Å². The number of nitrogens with zero attached hydrogens (tertiary/aromatic N) is 4. The van der Waals surface area contributed by atoms with E-state index >= 15 is 0 Å². The number of nitrogens with two attached hydrogens (primary N) is 2. The Labute approximate surface area is 331 Å². The molecule has 0 saturated heterocycles. The number of pyridine rings is 4. The summed E-state index contributed by atoms with van der Waals surface area (Å²) in [6.45, 7) is 3.79. The quantitative estimate of drug-likeness (QED) is 0.111. The van der Waals surface area contributed by atoms with Gasteiger partial charge in [-0.1, -0.05) is 12.1 Å². The first-order valence-corrected chi connectivity index (χ1v) is 18.4. The molecule has 4 aromatic heterocycles. The van der Waals surface area contributed by atoms with E-state index in [1.54, 1.807) is 62.9 Å². The van der Waals surface area contributed by atoms with E-state index in [2.05, 4.69) is 41.2 Å². The zero-order valence-corrected chi connectivity index (χ0v) is 32.0. The second-order valence-electron chi connectivity index (χ2n) is 14.3. The number of anilines is 4. The minimum Gasteiger partial charge on any atom is -0.383 e. The van der Waals surface area contributed by atoms with Crippen molar-refractivity contribution >= 4 is 68.4 Å². The number of alkyl halides is 2. The van der Waals surface area contributed by atoms with Gasteiger partial charge in [-0.05, 0) is 97.1 Å². The van der Waals surface area contributed by atoms with Crippen LogP contribution in [0.3, 0.4) is 0 Å². The third kappa shape index (κ3) is 8.21. The monoisotopic (exact) mass is 786 g/mol. The number of hydrogen-bond donors (Lipinski definition) is 6. The first kappa shape index (κ1) is 39.1. The Kier molecular flexibility index (Phi) is 10.7. The number of aryl methyl sites for hydroxylation is 2. The number of halogens is 2. The minimum absolute atomic E-state index is 0.164. The standard InChI is InChI=1S/2C21H20FN5O2/c2*1-10-5-11(20(28)24-2)3-4-13(10)17-6-12-7-18(25-9-15(12)19(23)26-17)27-21(29)14-8-16(14)22/h2*3-7,9,14,16H,8H2,1-2H3,(H2,23,26)(H,24,28)(H,25,27,29)/t2*14-,16+/m10/s1. The zero-order valence-electron chi connectivity index (χ0n) is 32.0. The number of carbonyl (C=O) groups excluding carboxylic acids is 4. The van der Waals surface area contributed by atoms with Gasteiger partial charge in [0.25, 0.3) is 11.8 Å². The number of nitrogens with one attached hydrogen (secondary N) is 4. The molecule has 58 heavy (non-hydrogen) atoms. The fourth-order valence-electron chi connectivity index (χ4n) is 6.54. The summed E-state index contributed by atoms with van der Waals surface area (Å²) in [5.41, 5.74) is 18.1. The first-order valence-electron chi connectivity index (χ1n) is 18.4. The molecule has 4 amide bonds. The summed E-state index contributed by atoms with van der Waals surface area (Å²) in [6.07, 6.45) is 1.46. The molecule has 16 heteroatoms. The maximum atomic E-state index is 13.1. The van der Waals surface area contributed by atoms with Crippen molar-refractivity contribution in [3.05, 3.63) is 95.3 Å². The van der Waals surface area contributed by atoms with E-state index in [0.717, 1.165) is 33.0 Å². The van der Waals surface area contributed by atoms with Gasteiger partial charge >= 0.3 is 0 Å². The smallest absolute Gasteiger partial charge is 0.251 e. The molecule has 6 aromatic rings. The third-order valence-corrected chi connectivity index (χ3v) is 10.1. The number of fused-ring (bicyclic) bond motifs is 2. The number of rotatable bonds is 8. The lowest BCUT2D eigenvalue weighted by Crippen LogP contribution is -2.17. The Morgan fingerprint density at radius 3 is 1.33 bits per heavy atom. The Morgan fingerprint density at radius 1 is 0.621 bits per heavy atom. The molecule has 2 aromatic carbocycles. The van der Waals surface area contributed by atoms with Crippen LogP contribution < -0.4 is 32.7 Å². The average Bonchev–Trinajstić information content (AvgIpc) is 4.13. The van der Waals surface area contributed by atoms with Gasteiger partial charge in [0.05, 0.1) is 23.2 Å². The summed E-state index contributed by atoms with van der Waals surface area (Å²) >= 11 is 0. The van der Waals surface area contributed by atoms with Gasteiger partial charge in [-0.15, -0.1) is 0 Å². The van der Waals surface area contributed by atoms with Crippen molar-refractivity contribution < 1.29 is 28.0 Å². The second-order valence-corrected chi connectivity index (χ2v) is 14.3. The van der Waals surface area contributed by atoms with Gasteiger partial charge in [0.15, 0.2) is 0 Å². The maximum Gasteiger partial charge on any atom is 0.251 e. The van der Waals surface area contributed by atoms with Crippen molar-refractivity contribution in [3.8, 4) is 22.5 Å². The van der Waals surface area contributed by atoms with Crippen LogP contribution >= 0.6 is 0 Å². The lowest BCUT2D eigenvalue weighted by atomic mass is 10.0. The van der Waals surface area contributed by atoms with Crippen LogP contribution in [0, 0.1) is 25.7 Å². The predicted molar refractivity (Wildman–Crippen MR) is 218 cm³/mol. The molecule has 0 aliphatic heterocycles. The molecule has 0 unspecified atom stereocenters. The lowest BCUT2D eigenvalue weighted by Gasteiger charge is -2.11. The van der Waals surface area contributed by atoms with Gasteiger partial charge < -0.3 is 32.7 Å². The van der Waals surface area contributed by atoms with Gasteiger partial charge in [0.1, 0.15) is 35.6 Å². The van der Waals surface area contributed by atoms with E-state index in [9.17, 15) is 28.0 Å². The molecule has 2 aliphatic carbocycles. The van der Waals surface area contributed by atoms with Crippen LogP contribution in [0.5, 0.6) is 0 Å². The van der Waals surface area contributed by atoms with Crippen molar-refractivity contribution in [2.45, 2.75) is 39.0 Å². The normalized spacial score (nSPS) is 17.8. The predicted octanol–water partition coefficient (Wildman–Crippen LogP) is 5.69. The largest absolute Gasteiger partial charge is 0.383 e. The number of nitrogen functional groups attached to an aromatic ring is 2. The highest BCUT2D eigenvalue weighted by Crippen LogP contribution is 2.36. The van der Waals surface area contributed by atoms with Gasteiger partial charge in [-0.3, -0.25) is 19.2 Å².